The highest BCUT2D eigenvalue weighted by Crippen LogP contribution is 2.22. The molecule has 8 heteroatoms. The summed E-state index contributed by atoms with van der Waals surface area (Å²) in [5.41, 5.74) is -0.296. The average Bonchev–Trinajstić information content (AvgIpc) is 3.19. The highest BCUT2D eigenvalue weighted by atomic mass is 19.1. The van der Waals surface area contributed by atoms with Gasteiger partial charge in [0.25, 0.3) is 0 Å². The zero-order chi connectivity index (χ0) is 22.3. The molecule has 0 aliphatic carbocycles. The minimum atomic E-state index is -1.18. The molecule has 0 amide bonds. The lowest BCUT2D eigenvalue weighted by Gasteiger charge is -2.22. The highest BCUT2D eigenvalue weighted by Gasteiger charge is 2.27. The Morgan fingerprint density at radius 3 is 2.65 bits per heavy atom. The van der Waals surface area contributed by atoms with Crippen LogP contribution in [0.4, 0.5) is 4.39 Å². The first-order chi connectivity index (χ1) is 14.9. The van der Waals surface area contributed by atoms with Crippen LogP contribution >= 0.6 is 0 Å². The van der Waals surface area contributed by atoms with E-state index in [1.165, 1.54) is 12.1 Å². The summed E-state index contributed by atoms with van der Waals surface area (Å²) in [4.78, 5) is 8.75. The summed E-state index contributed by atoms with van der Waals surface area (Å²) in [6, 6.07) is 12.9. The van der Waals surface area contributed by atoms with E-state index in [-0.39, 0.29) is 12.4 Å². The standard InChI is InChI=1S/C23H27FN4O3/c1-4-25-22(28-15-23(3,29)20-10-5-16(2)30-20)27-14-17-11-12-26-21(13-17)31-19-8-6-18(24)7-9-19/h5-13,29H,4,14-15H2,1-3H3,(H2,25,27,28). The van der Waals surface area contributed by atoms with E-state index < -0.39 is 5.60 Å². The Kier molecular flexibility index (Phi) is 7.25. The second kappa shape index (κ2) is 10.1. The van der Waals surface area contributed by atoms with Crippen molar-refractivity contribution in [1.29, 1.82) is 0 Å². The molecule has 2 heterocycles. The van der Waals surface area contributed by atoms with Gasteiger partial charge in [-0.2, -0.15) is 0 Å². The summed E-state index contributed by atoms with van der Waals surface area (Å²) in [5, 5.41) is 17.0. The molecule has 1 atom stereocenters. The Morgan fingerprint density at radius 1 is 1.19 bits per heavy atom. The summed E-state index contributed by atoms with van der Waals surface area (Å²) in [7, 11) is 0. The van der Waals surface area contributed by atoms with E-state index in [9.17, 15) is 9.50 Å². The van der Waals surface area contributed by atoms with Crippen molar-refractivity contribution >= 4 is 5.96 Å². The molecule has 3 N–H and O–H groups in total. The summed E-state index contributed by atoms with van der Waals surface area (Å²) in [6.45, 7) is 6.75. The van der Waals surface area contributed by atoms with E-state index in [1.54, 1.807) is 37.4 Å². The van der Waals surface area contributed by atoms with E-state index in [2.05, 4.69) is 20.6 Å². The largest absolute Gasteiger partial charge is 0.463 e. The van der Waals surface area contributed by atoms with E-state index in [0.29, 0.717) is 36.4 Å². The number of aliphatic imine (C=N–C) groups is 1. The second-order valence-corrected chi connectivity index (χ2v) is 7.29. The molecular formula is C23H27FN4O3. The van der Waals surface area contributed by atoms with Crippen molar-refractivity contribution in [3.8, 4) is 11.6 Å². The van der Waals surface area contributed by atoms with E-state index in [1.807, 2.05) is 26.0 Å². The molecule has 31 heavy (non-hydrogen) atoms. The van der Waals surface area contributed by atoms with Crippen LogP contribution in [0, 0.1) is 12.7 Å². The van der Waals surface area contributed by atoms with Crippen LogP contribution in [-0.2, 0) is 12.1 Å². The second-order valence-electron chi connectivity index (χ2n) is 7.29. The van der Waals surface area contributed by atoms with Crippen LogP contribution in [0.25, 0.3) is 0 Å². The normalized spacial score (nSPS) is 13.5. The minimum absolute atomic E-state index is 0.223. The molecule has 0 aliphatic rings. The molecule has 0 saturated heterocycles. The Hall–Kier alpha value is -3.39. The van der Waals surface area contributed by atoms with E-state index in [4.69, 9.17) is 9.15 Å². The van der Waals surface area contributed by atoms with Crippen molar-refractivity contribution in [2.75, 3.05) is 13.1 Å². The molecule has 7 nitrogen and oxygen atoms in total. The number of nitrogens with zero attached hydrogens (tertiary/aromatic N) is 2. The molecule has 0 saturated carbocycles. The number of ether oxygens (including phenoxy) is 1. The van der Waals surface area contributed by atoms with Gasteiger partial charge < -0.3 is 24.9 Å². The predicted molar refractivity (Wildman–Crippen MR) is 117 cm³/mol. The molecule has 0 bridgehead atoms. The number of hydrogen-bond donors (Lipinski definition) is 3. The van der Waals surface area contributed by atoms with Gasteiger partial charge in [0.1, 0.15) is 28.7 Å². The number of aliphatic hydroxyl groups is 1. The van der Waals surface area contributed by atoms with Gasteiger partial charge in [0.05, 0.1) is 13.1 Å². The quantitative estimate of drug-likeness (QED) is 0.374. The van der Waals surface area contributed by atoms with Crippen LogP contribution in [0.5, 0.6) is 11.6 Å². The summed E-state index contributed by atoms with van der Waals surface area (Å²) in [6.07, 6.45) is 1.63. The molecule has 1 aromatic carbocycles. The van der Waals surface area contributed by atoms with Crippen LogP contribution < -0.4 is 15.4 Å². The number of nitrogens with one attached hydrogen (secondary N) is 2. The topological polar surface area (TPSA) is 91.9 Å². The van der Waals surface area contributed by atoms with E-state index in [0.717, 1.165) is 11.3 Å². The van der Waals surface area contributed by atoms with Gasteiger partial charge in [0.2, 0.25) is 5.88 Å². The molecule has 164 valence electrons. The molecule has 3 rings (SSSR count). The summed E-state index contributed by atoms with van der Waals surface area (Å²) >= 11 is 0. The fraction of sp³-hybridized carbons (Fsp3) is 0.304. The Morgan fingerprint density at radius 2 is 1.97 bits per heavy atom. The molecule has 0 radical (unpaired) electrons. The number of halogens is 1. The number of pyridine rings is 1. The fourth-order valence-electron chi connectivity index (χ4n) is 2.81. The number of rotatable bonds is 8. The number of hydrogen-bond acceptors (Lipinski definition) is 5. The molecule has 3 aromatic rings. The molecule has 2 aromatic heterocycles. The smallest absolute Gasteiger partial charge is 0.219 e. The van der Waals surface area contributed by atoms with Crippen molar-refractivity contribution < 1.29 is 18.7 Å². The number of guanidine groups is 1. The fourth-order valence-corrected chi connectivity index (χ4v) is 2.81. The van der Waals surface area contributed by atoms with Gasteiger partial charge in [0, 0.05) is 18.8 Å². The van der Waals surface area contributed by atoms with E-state index >= 15 is 0 Å². The van der Waals surface area contributed by atoms with Crippen molar-refractivity contribution in [2.24, 2.45) is 4.99 Å². The van der Waals surface area contributed by atoms with Gasteiger partial charge >= 0.3 is 0 Å². The number of benzene rings is 1. The van der Waals surface area contributed by atoms with Gasteiger partial charge in [-0.3, -0.25) is 0 Å². The van der Waals surface area contributed by atoms with Crippen molar-refractivity contribution in [3.05, 3.63) is 77.6 Å². The summed E-state index contributed by atoms with van der Waals surface area (Å²) < 4.78 is 24.3. The lowest BCUT2D eigenvalue weighted by Crippen LogP contribution is -2.44. The third kappa shape index (κ3) is 6.55. The van der Waals surface area contributed by atoms with Crippen LogP contribution in [0.2, 0.25) is 0 Å². The monoisotopic (exact) mass is 426 g/mol. The molecular weight excluding hydrogens is 399 g/mol. The van der Waals surface area contributed by atoms with Gasteiger partial charge in [-0.25, -0.2) is 14.4 Å². The van der Waals surface area contributed by atoms with Gasteiger partial charge in [-0.05, 0) is 68.8 Å². The SMILES string of the molecule is CCNC(=NCc1ccnc(Oc2ccc(F)cc2)c1)NCC(C)(O)c1ccc(C)o1. The maximum absolute atomic E-state index is 13.0. The third-order valence-electron chi connectivity index (χ3n) is 4.47. The average molecular weight is 426 g/mol. The van der Waals surface area contributed by atoms with Gasteiger partial charge in [0.15, 0.2) is 5.96 Å². The highest BCUT2D eigenvalue weighted by molar-refractivity contribution is 5.79. The van der Waals surface area contributed by atoms with Crippen LogP contribution in [0.3, 0.4) is 0 Å². The molecule has 0 spiro atoms. The Bertz CT molecular complexity index is 1020. The van der Waals surface area contributed by atoms with Gasteiger partial charge in [-0.15, -0.1) is 0 Å². The number of aromatic nitrogens is 1. The maximum Gasteiger partial charge on any atom is 0.219 e. The van der Waals surface area contributed by atoms with Crippen molar-refractivity contribution in [1.82, 2.24) is 15.6 Å². The zero-order valence-electron chi connectivity index (χ0n) is 17.9. The third-order valence-corrected chi connectivity index (χ3v) is 4.47. The Balaban J connectivity index is 1.63. The lowest BCUT2D eigenvalue weighted by atomic mass is 10.0. The maximum atomic E-state index is 13.0. The van der Waals surface area contributed by atoms with Crippen molar-refractivity contribution in [3.63, 3.8) is 0 Å². The van der Waals surface area contributed by atoms with Crippen LogP contribution in [0.15, 0.2) is 64.1 Å². The van der Waals surface area contributed by atoms with Crippen molar-refractivity contribution in [2.45, 2.75) is 32.9 Å². The predicted octanol–water partition coefficient (Wildman–Crippen LogP) is 3.88. The minimum Gasteiger partial charge on any atom is -0.463 e. The zero-order valence-corrected chi connectivity index (χ0v) is 17.9. The van der Waals surface area contributed by atoms with Crippen LogP contribution in [0.1, 0.15) is 30.9 Å². The molecule has 0 fully saturated rings. The van der Waals surface area contributed by atoms with Crippen LogP contribution in [-0.4, -0.2) is 29.1 Å². The molecule has 1 unspecified atom stereocenters. The Labute approximate surface area is 181 Å². The van der Waals surface area contributed by atoms with Gasteiger partial charge in [-0.1, -0.05) is 0 Å². The summed E-state index contributed by atoms with van der Waals surface area (Å²) in [5.74, 6) is 2.36. The lowest BCUT2D eigenvalue weighted by molar-refractivity contribution is 0.0378. The first-order valence-corrected chi connectivity index (χ1v) is 10.1. The number of furan rings is 1. The first kappa shape index (κ1) is 22.3. The number of aryl methyl sites for hydroxylation is 1. The molecule has 0 aliphatic heterocycles. The first-order valence-electron chi connectivity index (χ1n) is 10.1.